The molecular weight excluding hydrogens is 625 g/mol. The Morgan fingerprint density at radius 1 is 0.976 bits per heavy atom. The predicted molar refractivity (Wildman–Crippen MR) is 159 cm³/mol. The van der Waals surface area contributed by atoms with Crippen molar-refractivity contribution in [1.82, 2.24) is 25.5 Å². The van der Waals surface area contributed by atoms with Crippen LogP contribution in [0.4, 0.5) is 0 Å². The summed E-state index contributed by atoms with van der Waals surface area (Å²) in [4.78, 5) is 11.9. The lowest BCUT2D eigenvalue weighted by Crippen LogP contribution is -2.34. The number of phenols is 1. The highest BCUT2D eigenvalue weighted by atomic mass is 35.6. The van der Waals surface area contributed by atoms with Crippen molar-refractivity contribution in [2.24, 2.45) is 0 Å². The summed E-state index contributed by atoms with van der Waals surface area (Å²) in [5.74, 6) is -0.00582. The van der Waals surface area contributed by atoms with E-state index in [1.54, 1.807) is 28.9 Å². The van der Waals surface area contributed by atoms with E-state index < -0.39 is 16.0 Å². The summed E-state index contributed by atoms with van der Waals surface area (Å²) >= 11 is 18.3. The molecule has 42 heavy (non-hydrogen) atoms. The summed E-state index contributed by atoms with van der Waals surface area (Å²) in [6.07, 6.45) is -0.558. The third-order valence-corrected chi connectivity index (χ3v) is 8.08. The molecule has 1 aliphatic heterocycles. The zero-order chi connectivity index (χ0) is 29.7. The Morgan fingerprint density at radius 2 is 1.64 bits per heavy atom. The monoisotopic (exact) mass is 649 g/mol. The molecule has 14 heteroatoms. The van der Waals surface area contributed by atoms with Gasteiger partial charge in [-0.05, 0) is 51.4 Å². The lowest BCUT2D eigenvalue weighted by molar-refractivity contribution is -0.245. The first-order chi connectivity index (χ1) is 20.2. The molecule has 0 aliphatic carbocycles. The maximum absolute atomic E-state index is 11.9. The maximum atomic E-state index is 11.9. The number of aromatic hydroxyl groups is 1. The molecule has 1 fully saturated rings. The van der Waals surface area contributed by atoms with E-state index in [0.29, 0.717) is 17.3 Å². The van der Waals surface area contributed by atoms with Gasteiger partial charge in [-0.2, -0.15) is 4.68 Å². The number of rotatable bonds is 9. The predicted octanol–water partition coefficient (Wildman–Crippen LogP) is 5.18. The quantitative estimate of drug-likeness (QED) is 0.166. The fourth-order valence-corrected chi connectivity index (χ4v) is 5.40. The van der Waals surface area contributed by atoms with Crippen LogP contribution in [0.1, 0.15) is 41.1 Å². The van der Waals surface area contributed by atoms with Crippen molar-refractivity contribution < 1.29 is 24.5 Å². The van der Waals surface area contributed by atoms with Gasteiger partial charge in [0.2, 0.25) is 5.16 Å². The number of alkyl halides is 3. The number of thioether (sulfide) groups is 1. The molecule has 1 saturated heterocycles. The third-order valence-electron chi connectivity index (χ3n) is 6.51. The molecule has 0 spiro atoms. The van der Waals surface area contributed by atoms with Gasteiger partial charge in [0.05, 0.1) is 24.5 Å². The number of benzene rings is 3. The molecular formula is C28H26Cl3N5O5S. The smallest absolute Gasteiger partial charge is 0.272 e. The standard InChI is InChI=1S/C28H26Cl3N5O5S/c29-28(30,31)26(39)32-14-17-1-7-20(8-2-17)25-40-23(13-24(41-25)19-5-3-18(15-37)4-6-19)16-42-27-33-34-35-36(27)21-9-11-22(38)12-10-21/h1-12,23-25,37-38H,13-16H2,(H,32,39)/t23-,24+,25+/m1/s1. The minimum absolute atomic E-state index is 0.0407. The van der Waals surface area contributed by atoms with Crippen LogP contribution in [0.15, 0.2) is 78.0 Å². The van der Waals surface area contributed by atoms with Crippen LogP contribution < -0.4 is 5.32 Å². The zero-order valence-corrected chi connectivity index (χ0v) is 25.0. The van der Waals surface area contributed by atoms with Crippen LogP contribution in [-0.2, 0) is 27.4 Å². The Kier molecular flexibility index (Phi) is 9.89. The maximum Gasteiger partial charge on any atom is 0.272 e. The summed E-state index contributed by atoms with van der Waals surface area (Å²) in [5.41, 5.74) is 4.11. The number of ether oxygens (including phenoxy) is 2. The van der Waals surface area contributed by atoms with E-state index in [2.05, 4.69) is 20.8 Å². The molecule has 0 bridgehead atoms. The summed E-state index contributed by atoms with van der Waals surface area (Å²) in [7, 11) is 0. The van der Waals surface area contributed by atoms with Gasteiger partial charge in [0, 0.05) is 24.3 Å². The molecule has 1 aliphatic rings. The van der Waals surface area contributed by atoms with E-state index >= 15 is 0 Å². The van der Waals surface area contributed by atoms with Gasteiger partial charge in [0.15, 0.2) is 6.29 Å². The highest BCUT2D eigenvalue weighted by Gasteiger charge is 2.33. The van der Waals surface area contributed by atoms with Crippen molar-refractivity contribution in [3.05, 3.63) is 95.1 Å². The van der Waals surface area contributed by atoms with E-state index in [1.165, 1.54) is 11.8 Å². The number of phenolic OH excluding ortho intramolecular Hbond substituents is 1. The van der Waals surface area contributed by atoms with Gasteiger partial charge in [0.25, 0.3) is 9.70 Å². The van der Waals surface area contributed by atoms with Crippen LogP contribution in [-0.4, -0.2) is 52.0 Å². The first kappa shape index (κ1) is 30.6. The highest BCUT2D eigenvalue weighted by molar-refractivity contribution is 7.99. The van der Waals surface area contributed by atoms with Gasteiger partial charge in [0.1, 0.15) is 5.75 Å². The van der Waals surface area contributed by atoms with Crippen molar-refractivity contribution in [2.75, 3.05) is 5.75 Å². The number of aliphatic hydroxyl groups is 1. The molecule has 1 aromatic heterocycles. The lowest BCUT2D eigenvalue weighted by Gasteiger charge is -2.36. The molecule has 4 aromatic rings. The second-order valence-electron chi connectivity index (χ2n) is 9.47. The number of amides is 1. The van der Waals surface area contributed by atoms with Gasteiger partial charge >= 0.3 is 0 Å². The first-order valence-electron chi connectivity index (χ1n) is 12.8. The van der Waals surface area contributed by atoms with Crippen molar-refractivity contribution in [3.8, 4) is 11.4 Å². The number of nitrogens with one attached hydrogen (secondary N) is 1. The Labute approximate surface area is 260 Å². The number of carbonyl (C=O) groups is 1. The molecule has 2 heterocycles. The number of aromatic nitrogens is 4. The average molecular weight is 651 g/mol. The largest absolute Gasteiger partial charge is 0.508 e. The molecule has 3 N–H and O–H groups in total. The molecule has 3 atom stereocenters. The van der Waals surface area contributed by atoms with E-state index in [9.17, 15) is 15.0 Å². The van der Waals surface area contributed by atoms with E-state index in [0.717, 1.165) is 27.9 Å². The zero-order valence-electron chi connectivity index (χ0n) is 21.9. The topological polar surface area (TPSA) is 132 Å². The summed E-state index contributed by atoms with van der Waals surface area (Å²) < 4.78 is 12.4. The van der Waals surface area contributed by atoms with Gasteiger partial charge in [-0.3, -0.25) is 4.79 Å². The number of nitrogens with zero attached hydrogens (tertiary/aromatic N) is 4. The van der Waals surface area contributed by atoms with E-state index in [-0.39, 0.29) is 31.1 Å². The van der Waals surface area contributed by atoms with E-state index in [1.807, 2.05) is 48.5 Å². The Balaban J connectivity index is 1.31. The first-order valence-corrected chi connectivity index (χ1v) is 15.0. The van der Waals surface area contributed by atoms with Crippen LogP contribution in [0.5, 0.6) is 5.75 Å². The van der Waals surface area contributed by atoms with Crippen LogP contribution >= 0.6 is 46.6 Å². The average Bonchev–Trinajstić information content (AvgIpc) is 3.47. The fraction of sp³-hybridized carbons (Fsp3) is 0.286. The van der Waals surface area contributed by atoms with Crippen LogP contribution in [0.2, 0.25) is 0 Å². The SMILES string of the molecule is O=C(NCc1ccc([C@H]2O[C@@H](CSc3nnnn3-c3ccc(O)cc3)C[C@@H](c3ccc(CO)cc3)O2)cc1)C(Cl)(Cl)Cl. The second kappa shape index (κ2) is 13.6. The highest BCUT2D eigenvalue weighted by Crippen LogP contribution is 2.39. The molecule has 3 aromatic carbocycles. The van der Waals surface area contributed by atoms with Crippen LogP contribution in [0.25, 0.3) is 5.69 Å². The number of aliphatic hydroxyl groups excluding tert-OH is 1. The molecule has 1 amide bonds. The van der Waals surface area contributed by atoms with Crippen molar-refractivity contribution in [2.45, 2.75) is 47.0 Å². The molecule has 0 saturated carbocycles. The van der Waals surface area contributed by atoms with Crippen molar-refractivity contribution in [3.63, 3.8) is 0 Å². The number of halogens is 3. The summed E-state index contributed by atoms with van der Waals surface area (Å²) in [6.45, 7) is 0.148. The minimum atomic E-state index is -2.03. The van der Waals surface area contributed by atoms with Crippen molar-refractivity contribution >= 4 is 52.5 Å². The number of hydrogen-bond donors (Lipinski definition) is 3. The van der Waals surface area contributed by atoms with Gasteiger partial charge in [-0.25, -0.2) is 0 Å². The van der Waals surface area contributed by atoms with Crippen molar-refractivity contribution in [1.29, 1.82) is 0 Å². The molecule has 5 rings (SSSR count). The lowest BCUT2D eigenvalue weighted by atomic mass is 10.0. The number of carbonyl (C=O) groups excluding carboxylic acids is 1. The number of tetrazole rings is 1. The van der Waals surface area contributed by atoms with Gasteiger partial charge in [-0.1, -0.05) is 95.1 Å². The second-order valence-corrected chi connectivity index (χ2v) is 12.7. The number of hydrogen-bond acceptors (Lipinski definition) is 9. The molecule has 220 valence electrons. The Hall–Kier alpha value is -2.90. The molecule has 0 radical (unpaired) electrons. The minimum Gasteiger partial charge on any atom is -0.508 e. The molecule has 0 unspecified atom stereocenters. The van der Waals surface area contributed by atoms with Crippen LogP contribution in [0, 0.1) is 0 Å². The Bertz CT molecular complexity index is 1480. The van der Waals surface area contributed by atoms with E-state index in [4.69, 9.17) is 44.3 Å². The third kappa shape index (κ3) is 7.73. The van der Waals surface area contributed by atoms with Gasteiger partial charge in [-0.15, -0.1) is 5.10 Å². The summed E-state index contributed by atoms with van der Waals surface area (Å²) in [6, 6.07) is 21.7. The molecule has 10 nitrogen and oxygen atoms in total. The summed E-state index contributed by atoms with van der Waals surface area (Å²) in [5, 5.41) is 34.3. The van der Waals surface area contributed by atoms with Crippen LogP contribution in [0.3, 0.4) is 0 Å². The normalized spacial score (nSPS) is 19.0. The fourth-order valence-electron chi connectivity index (χ4n) is 4.29. The van der Waals surface area contributed by atoms with Gasteiger partial charge < -0.3 is 25.0 Å². The Morgan fingerprint density at radius 3 is 2.31 bits per heavy atom.